The molecule has 1 rings (SSSR count). The Bertz CT molecular complexity index is 183. The molecule has 3 unspecified atom stereocenters. The molecule has 1 aliphatic rings. The quantitative estimate of drug-likeness (QED) is 0.710. The van der Waals surface area contributed by atoms with Crippen molar-refractivity contribution < 1.29 is 0 Å². The number of rotatable bonds is 6. The van der Waals surface area contributed by atoms with Crippen LogP contribution < -0.4 is 11.1 Å². The highest BCUT2D eigenvalue weighted by molar-refractivity contribution is 4.92. The van der Waals surface area contributed by atoms with E-state index in [9.17, 15) is 0 Å². The summed E-state index contributed by atoms with van der Waals surface area (Å²) in [5.41, 5.74) is 6.46. The molecule has 0 spiro atoms. The van der Waals surface area contributed by atoms with Gasteiger partial charge in [-0.15, -0.1) is 0 Å². The summed E-state index contributed by atoms with van der Waals surface area (Å²) in [7, 11) is 0. The summed E-state index contributed by atoms with van der Waals surface area (Å²) in [4.78, 5) is 0. The van der Waals surface area contributed by atoms with Gasteiger partial charge in [0.25, 0.3) is 0 Å². The Kier molecular flexibility index (Phi) is 4.60. The van der Waals surface area contributed by atoms with Crippen molar-refractivity contribution in [3.05, 3.63) is 0 Å². The molecule has 0 heterocycles. The number of hydrogen-bond acceptors (Lipinski definition) is 2. The molecule has 0 aromatic rings. The average molecular weight is 212 g/mol. The minimum absolute atomic E-state index is 0.358. The molecule has 0 bridgehead atoms. The molecule has 3 N–H and O–H groups in total. The Morgan fingerprint density at radius 3 is 2.53 bits per heavy atom. The first-order valence-electron chi connectivity index (χ1n) is 6.41. The van der Waals surface area contributed by atoms with E-state index in [1.54, 1.807) is 0 Å². The van der Waals surface area contributed by atoms with Crippen LogP contribution in [0.2, 0.25) is 0 Å². The lowest BCUT2D eigenvalue weighted by Crippen LogP contribution is -2.31. The van der Waals surface area contributed by atoms with E-state index in [0.717, 1.165) is 31.3 Å². The van der Waals surface area contributed by atoms with Gasteiger partial charge in [0.15, 0.2) is 0 Å². The van der Waals surface area contributed by atoms with Crippen LogP contribution in [0.1, 0.15) is 53.4 Å². The van der Waals surface area contributed by atoms with E-state index >= 15 is 0 Å². The normalized spacial score (nSPS) is 27.8. The van der Waals surface area contributed by atoms with E-state index in [0.29, 0.717) is 11.5 Å². The van der Waals surface area contributed by atoms with Gasteiger partial charge in [0.2, 0.25) is 0 Å². The first kappa shape index (κ1) is 13.0. The zero-order valence-corrected chi connectivity index (χ0v) is 10.8. The second kappa shape index (κ2) is 5.31. The van der Waals surface area contributed by atoms with Crippen LogP contribution in [0.25, 0.3) is 0 Å². The van der Waals surface area contributed by atoms with Crippen LogP contribution in [0.5, 0.6) is 0 Å². The van der Waals surface area contributed by atoms with Crippen LogP contribution >= 0.6 is 0 Å². The molecule has 0 saturated heterocycles. The Hall–Kier alpha value is -0.0800. The summed E-state index contributed by atoms with van der Waals surface area (Å²) in [5.74, 6) is 0.948. The molecule has 1 fully saturated rings. The van der Waals surface area contributed by atoms with E-state index in [1.165, 1.54) is 12.8 Å². The molecule has 0 amide bonds. The third-order valence-corrected chi connectivity index (χ3v) is 3.24. The van der Waals surface area contributed by atoms with E-state index in [1.807, 2.05) is 0 Å². The Balaban J connectivity index is 2.00. The van der Waals surface area contributed by atoms with Gasteiger partial charge in [0.1, 0.15) is 0 Å². The fourth-order valence-corrected chi connectivity index (χ4v) is 2.29. The first-order valence-corrected chi connectivity index (χ1v) is 6.41. The van der Waals surface area contributed by atoms with Crippen molar-refractivity contribution >= 4 is 0 Å². The fourth-order valence-electron chi connectivity index (χ4n) is 2.29. The Morgan fingerprint density at radius 2 is 2.07 bits per heavy atom. The molecule has 0 radical (unpaired) electrons. The lowest BCUT2D eigenvalue weighted by Gasteiger charge is -2.23. The zero-order chi connectivity index (χ0) is 11.5. The molecule has 3 atom stereocenters. The highest BCUT2D eigenvalue weighted by Gasteiger charge is 2.34. The second-order valence-corrected chi connectivity index (χ2v) is 6.28. The van der Waals surface area contributed by atoms with E-state index < -0.39 is 0 Å². The SMILES string of the molecule is CCC1CC1NCCC(N)CC(C)(C)C. The summed E-state index contributed by atoms with van der Waals surface area (Å²) >= 11 is 0. The highest BCUT2D eigenvalue weighted by atomic mass is 15.0. The molecule has 1 saturated carbocycles. The van der Waals surface area contributed by atoms with E-state index in [2.05, 4.69) is 33.0 Å². The largest absolute Gasteiger partial charge is 0.328 e. The van der Waals surface area contributed by atoms with E-state index in [4.69, 9.17) is 5.73 Å². The van der Waals surface area contributed by atoms with Crippen LogP contribution in [0.15, 0.2) is 0 Å². The average Bonchev–Trinajstić information content (AvgIpc) is 2.80. The predicted octanol–water partition coefficient (Wildman–Crippen LogP) is 2.53. The maximum Gasteiger partial charge on any atom is 0.00990 e. The van der Waals surface area contributed by atoms with Gasteiger partial charge in [0.05, 0.1) is 0 Å². The summed E-state index contributed by atoms with van der Waals surface area (Å²) in [6.45, 7) is 10.1. The topological polar surface area (TPSA) is 38.0 Å². The van der Waals surface area contributed by atoms with Gasteiger partial charge in [-0.3, -0.25) is 0 Å². The summed E-state index contributed by atoms with van der Waals surface area (Å²) in [6.07, 6.45) is 4.94. The monoisotopic (exact) mass is 212 g/mol. The minimum atomic E-state index is 0.358. The van der Waals surface area contributed by atoms with Crippen molar-refractivity contribution in [3.8, 4) is 0 Å². The van der Waals surface area contributed by atoms with Gasteiger partial charge in [-0.25, -0.2) is 0 Å². The number of hydrogen-bond donors (Lipinski definition) is 2. The third kappa shape index (κ3) is 5.53. The molecule has 2 heteroatoms. The second-order valence-electron chi connectivity index (χ2n) is 6.28. The zero-order valence-electron chi connectivity index (χ0n) is 10.8. The van der Waals surface area contributed by atoms with Crippen molar-refractivity contribution in [2.45, 2.75) is 65.5 Å². The standard InChI is InChI=1S/C13H28N2/c1-5-10-8-12(10)15-7-6-11(14)9-13(2,3)4/h10-12,15H,5-9,14H2,1-4H3. The number of nitrogens with one attached hydrogen (secondary N) is 1. The van der Waals surface area contributed by atoms with Crippen molar-refractivity contribution in [1.82, 2.24) is 5.32 Å². The van der Waals surface area contributed by atoms with Crippen LogP contribution in [0, 0.1) is 11.3 Å². The minimum Gasteiger partial charge on any atom is -0.328 e. The van der Waals surface area contributed by atoms with Gasteiger partial charge in [-0.1, -0.05) is 34.1 Å². The molecular formula is C13H28N2. The van der Waals surface area contributed by atoms with Gasteiger partial charge in [-0.2, -0.15) is 0 Å². The van der Waals surface area contributed by atoms with Crippen LogP contribution in [-0.2, 0) is 0 Å². The highest BCUT2D eigenvalue weighted by Crippen LogP contribution is 2.33. The van der Waals surface area contributed by atoms with Crippen LogP contribution in [0.3, 0.4) is 0 Å². The van der Waals surface area contributed by atoms with Crippen molar-refractivity contribution in [2.24, 2.45) is 17.1 Å². The molecule has 15 heavy (non-hydrogen) atoms. The predicted molar refractivity (Wildman–Crippen MR) is 66.9 cm³/mol. The molecule has 0 aromatic carbocycles. The first-order chi connectivity index (χ1) is 6.92. The summed E-state index contributed by atoms with van der Waals surface area (Å²) < 4.78 is 0. The summed E-state index contributed by atoms with van der Waals surface area (Å²) in [6, 6.07) is 1.16. The molecule has 0 aliphatic heterocycles. The van der Waals surface area contributed by atoms with Crippen molar-refractivity contribution in [3.63, 3.8) is 0 Å². The Morgan fingerprint density at radius 1 is 1.40 bits per heavy atom. The number of nitrogens with two attached hydrogens (primary N) is 1. The van der Waals surface area contributed by atoms with Gasteiger partial charge < -0.3 is 11.1 Å². The summed E-state index contributed by atoms with van der Waals surface area (Å²) in [5, 5.41) is 3.59. The van der Waals surface area contributed by atoms with Gasteiger partial charge >= 0.3 is 0 Å². The lowest BCUT2D eigenvalue weighted by molar-refractivity contribution is 0.328. The van der Waals surface area contributed by atoms with Crippen LogP contribution in [-0.4, -0.2) is 18.6 Å². The van der Waals surface area contributed by atoms with Crippen molar-refractivity contribution in [1.29, 1.82) is 0 Å². The van der Waals surface area contributed by atoms with Crippen molar-refractivity contribution in [2.75, 3.05) is 6.54 Å². The van der Waals surface area contributed by atoms with Gasteiger partial charge in [0, 0.05) is 12.1 Å². The van der Waals surface area contributed by atoms with Crippen LogP contribution in [0.4, 0.5) is 0 Å². The molecule has 2 nitrogen and oxygen atoms in total. The lowest BCUT2D eigenvalue weighted by atomic mass is 9.87. The molecule has 0 aromatic heterocycles. The fraction of sp³-hybridized carbons (Fsp3) is 1.00. The third-order valence-electron chi connectivity index (χ3n) is 3.24. The van der Waals surface area contributed by atoms with Gasteiger partial charge in [-0.05, 0) is 37.1 Å². The maximum atomic E-state index is 6.09. The smallest absolute Gasteiger partial charge is 0.00990 e. The molecule has 90 valence electrons. The molecular weight excluding hydrogens is 184 g/mol. The van der Waals surface area contributed by atoms with E-state index in [-0.39, 0.29) is 0 Å². The maximum absolute atomic E-state index is 6.09. The Labute approximate surface area is 95.0 Å². The molecule has 1 aliphatic carbocycles.